The van der Waals surface area contributed by atoms with Crippen molar-refractivity contribution < 1.29 is 4.74 Å². The maximum absolute atomic E-state index is 6.65. The van der Waals surface area contributed by atoms with Gasteiger partial charge in [0.15, 0.2) is 0 Å². The summed E-state index contributed by atoms with van der Waals surface area (Å²) in [6, 6.07) is 10.6. The third-order valence-corrected chi connectivity index (χ3v) is 5.63. The van der Waals surface area contributed by atoms with Crippen LogP contribution in [-0.2, 0) is 4.74 Å². The zero-order valence-electron chi connectivity index (χ0n) is 12.3. The molecular formula is C19H24O. The number of rotatable bonds is 3. The van der Waals surface area contributed by atoms with E-state index in [2.05, 4.69) is 43.3 Å². The van der Waals surface area contributed by atoms with Gasteiger partial charge in [-0.15, -0.1) is 0 Å². The van der Waals surface area contributed by atoms with Gasteiger partial charge in [0.05, 0.1) is 0 Å². The Kier molecular flexibility index (Phi) is 2.90. The summed E-state index contributed by atoms with van der Waals surface area (Å²) in [5.41, 5.74) is 1.39. The highest BCUT2D eigenvalue weighted by Crippen LogP contribution is 2.58. The van der Waals surface area contributed by atoms with Crippen molar-refractivity contribution >= 4 is 5.76 Å². The molecule has 0 amide bonds. The molecule has 0 aromatic heterocycles. The normalized spacial score (nSPS) is 39.0. The minimum absolute atomic E-state index is 0.159. The second-order valence-electron chi connectivity index (χ2n) is 7.22. The topological polar surface area (TPSA) is 9.23 Å². The smallest absolute Gasteiger partial charge is 0.123 e. The van der Waals surface area contributed by atoms with E-state index in [0.29, 0.717) is 0 Å². The van der Waals surface area contributed by atoms with Gasteiger partial charge in [0.25, 0.3) is 0 Å². The fraction of sp³-hybridized carbons (Fsp3) is 0.579. The quantitative estimate of drug-likeness (QED) is 0.698. The Hall–Kier alpha value is -1.24. The van der Waals surface area contributed by atoms with Crippen molar-refractivity contribution in [1.82, 2.24) is 0 Å². The second-order valence-corrected chi connectivity index (χ2v) is 7.22. The first kappa shape index (κ1) is 12.5. The van der Waals surface area contributed by atoms with Gasteiger partial charge in [-0.3, -0.25) is 0 Å². The fourth-order valence-electron chi connectivity index (χ4n) is 5.28. The van der Waals surface area contributed by atoms with Crippen molar-refractivity contribution in [3.05, 3.63) is 42.0 Å². The van der Waals surface area contributed by atoms with Crippen molar-refractivity contribution in [2.75, 3.05) is 0 Å². The third-order valence-electron chi connectivity index (χ3n) is 5.63. The van der Waals surface area contributed by atoms with Crippen LogP contribution in [0.15, 0.2) is 36.4 Å². The molecule has 0 radical (unpaired) electrons. The molecule has 4 aliphatic carbocycles. The summed E-state index contributed by atoms with van der Waals surface area (Å²) >= 11 is 0. The largest absolute Gasteiger partial charge is 0.487 e. The maximum Gasteiger partial charge on any atom is 0.123 e. The molecule has 20 heavy (non-hydrogen) atoms. The lowest BCUT2D eigenvalue weighted by molar-refractivity contribution is -0.122. The third kappa shape index (κ3) is 2.08. The monoisotopic (exact) mass is 268 g/mol. The number of benzene rings is 1. The van der Waals surface area contributed by atoms with E-state index >= 15 is 0 Å². The van der Waals surface area contributed by atoms with E-state index in [1.54, 1.807) is 0 Å². The van der Waals surface area contributed by atoms with Gasteiger partial charge < -0.3 is 4.74 Å². The summed E-state index contributed by atoms with van der Waals surface area (Å²) in [5.74, 6) is 3.91. The van der Waals surface area contributed by atoms with Crippen LogP contribution in [-0.4, -0.2) is 5.60 Å². The zero-order chi connectivity index (χ0) is 13.6. The molecule has 0 N–H and O–H groups in total. The SMILES string of the molecule is C/C=C(\OC12CC3CC(CC(C3)C1)C2)c1ccccc1. The van der Waals surface area contributed by atoms with Crippen LogP contribution in [0.4, 0.5) is 0 Å². The molecule has 1 aromatic carbocycles. The Morgan fingerprint density at radius 1 is 1.00 bits per heavy atom. The molecule has 0 spiro atoms. The highest BCUT2D eigenvalue weighted by Gasteiger charge is 2.52. The molecule has 4 bridgehead atoms. The number of hydrogen-bond donors (Lipinski definition) is 0. The van der Waals surface area contributed by atoms with Crippen LogP contribution in [0, 0.1) is 17.8 Å². The number of hydrogen-bond acceptors (Lipinski definition) is 1. The highest BCUT2D eigenvalue weighted by molar-refractivity contribution is 5.59. The molecule has 1 aromatic rings. The lowest BCUT2D eigenvalue weighted by atomic mass is 9.54. The van der Waals surface area contributed by atoms with Crippen LogP contribution in [0.3, 0.4) is 0 Å². The molecule has 106 valence electrons. The summed E-state index contributed by atoms with van der Waals surface area (Å²) in [6.45, 7) is 2.10. The lowest BCUT2D eigenvalue weighted by Crippen LogP contribution is -2.51. The molecule has 0 atom stereocenters. The molecule has 1 nitrogen and oxygen atoms in total. The summed E-state index contributed by atoms with van der Waals surface area (Å²) in [4.78, 5) is 0. The van der Waals surface area contributed by atoms with Crippen molar-refractivity contribution in [2.45, 2.75) is 51.0 Å². The Bertz CT molecular complexity index is 479. The predicted molar refractivity (Wildman–Crippen MR) is 82.1 cm³/mol. The molecule has 0 aliphatic heterocycles. The summed E-state index contributed by atoms with van der Waals surface area (Å²) in [5, 5.41) is 0. The average Bonchev–Trinajstić information content (AvgIpc) is 2.44. The standard InChI is InChI=1S/C19H24O/c1-2-18(17-6-4-3-5-7-17)20-19-11-14-8-15(12-19)10-16(9-14)13-19/h2-7,14-16H,8-13H2,1H3/b18-2-. The Balaban J connectivity index is 1.59. The van der Waals surface area contributed by atoms with Gasteiger partial charge in [-0.05, 0) is 69.3 Å². The van der Waals surface area contributed by atoms with Crippen molar-refractivity contribution in [3.8, 4) is 0 Å². The Morgan fingerprint density at radius 3 is 2.05 bits per heavy atom. The first-order chi connectivity index (χ1) is 9.76. The van der Waals surface area contributed by atoms with Crippen LogP contribution in [0.2, 0.25) is 0 Å². The lowest BCUT2D eigenvalue weighted by Gasteiger charge is -2.56. The van der Waals surface area contributed by atoms with Gasteiger partial charge in [0, 0.05) is 5.56 Å². The summed E-state index contributed by atoms with van der Waals surface area (Å²) in [6.07, 6.45) is 10.4. The molecular weight excluding hydrogens is 244 g/mol. The zero-order valence-corrected chi connectivity index (χ0v) is 12.3. The van der Waals surface area contributed by atoms with Crippen LogP contribution < -0.4 is 0 Å². The van der Waals surface area contributed by atoms with Gasteiger partial charge in [-0.1, -0.05) is 30.3 Å². The first-order valence-corrected chi connectivity index (χ1v) is 8.17. The van der Waals surface area contributed by atoms with E-state index in [0.717, 1.165) is 23.5 Å². The van der Waals surface area contributed by atoms with E-state index in [4.69, 9.17) is 4.74 Å². The van der Waals surface area contributed by atoms with Crippen LogP contribution >= 0.6 is 0 Å². The highest BCUT2D eigenvalue weighted by atomic mass is 16.5. The van der Waals surface area contributed by atoms with Crippen LogP contribution in [0.25, 0.3) is 5.76 Å². The predicted octanol–water partition coefficient (Wildman–Crippen LogP) is 5.03. The average molecular weight is 268 g/mol. The molecule has 1 heteroatoms. The Labute approximate surface area is 122 Å². The van der Waals surface area contributed by atoms with E-state index in [9.17, 15) is 0 Å². The summed E-state index contributed by atoms with van der Waals surface area (Å²) < 4.78 is 6.65. The van der Waals surface area contributed by atoms with E-state index in [1.165, 1.54) is 44.1 Å². The number of allylic oxidation sites excluding steroid dienone is 1. The van der Waals surface area contributed by atoms with Crippen molar-refractivity contribution in [3.63, 3.8) is 0 Å². The maximum atomic E-state index is 6.65. The van der Waals surface area contributed by atoms with E-state index < -0.39 is 0 Å². The van der Waals surface area contributed by atoms with Crippen LogP contribution in [0.5, 0.6) is 0 Å². The van der Waals surface area contributed by atoms with Crippen LogP contribution in [0.1, 0.15) is 51.0 Å². The van der Waals surface area contributed by atoms with E-state index in [1.807, 2.05) is 0 Å². The van der Waals surface area contributed by atoms with Gasteiger partial charge in [-0.25, -0.2) is 0 Å². The van der Waals surface area contributed by atoms with Gasteiger partial charge in [0.2, 0.25) is 0 Å². The minimum Gasteiger partial charge on any atom is -0.487 e. The molecule has 4 saturated carbocycles. The van der Waals surface area contributed by atoms with Crippen molar-refractivity contribution in [2.24, 2.45) is 17.8 Å². The van der Waals surface area contributed by atoms with Crippen molar-refractivity contribution in [1.29, 1.82) is 0 Å². The fourth-order valence-corrected chi connectivity index (χ4v) is 5.28. The Morgan fingerprint density at radius 2 is 1.55 bits per heavy atom. The molecule has 0 unspecified atom stereocenters. The molecule has 5 rings (SSSR count). The van der Waals surface area contributed by atoms with E-state index in [-0.39, 0.29) is 5.60 Å². The van der Waals surface area contributed by atoms with Gasteiger partial charge in [0.1, 0.15) is 11.4 Å². The number of ether oxygens (including phenoxy) is 1. The van der Waals surface area contributed by atoms with Gasteiger partial charge in [-0.2, -0.15) is 0 Å². The molecule has 4 aliphatic rings. The molecule has 0 heterocycles. The molecule has 4 fully saturated rings. The van der Waals surface area contributed by atoms with Gasteiger partial charge >= 0.3 is 0 Å². The first-order valence-electron chi connectivity index (χ1n) is 8.17. The molecule has 0 saturated heterocycles. The summed E-state index contributed by atoms with van der Waals surface area (Å²) in [7, 11) is 0. The minimum atomic E-state index is 0.159. The second kappa shape index (κ2) is 4.65.